The molecule has 3 aromatic carbocycles. The summed E-state index contributed by atoms with van der Waals surface area (Å²) in [5, 5.41) is 6.17. The number of benzene rings is 3. The standard InChI is InChI=1S/C26H21BrCl2N2O4/c27-21-11-8-17(28)12-20(21)25(33)16-6-9-18(10-7-16)35-14-23(32)31-22-3-1-2-19(24(22)29)26(34)30-13-15-4-5-15/h1-3,6-12,15H,4-5,13-14H2,(H,30,34)(H,31,32). The first-order valence-corrected chi connectivity index (χ1v) is 12.5. The van der Waals surface area contributed by atoms with Crippen molar-refractivity contribution in [2.75, 3.05) is 18.5 Å². The highest BCUT2D eigenvalue weighted by molar-refractivity contribution is 9.10. The summed E-state index contributed by atoms with van der Waals surface area (Å²) in [6, 6.07) is 16.3. The number of nitrogens with one attached hydrogen (secondary N) is 2. The lowest BCUT2D eigenvalue weighted by Crippen LogP contribution is -2.26. The number of amides is 2. The van der Waals surface area contributed by atoms with Crippen molar-refractivity contribution >= 4 is 62.4 Å². The van der Waals surface area contributed by atoms with Gasteiger partial charge in [-0.15, -0.1) is 0 Å². The van der Waals surface area contributed by atoms with Crippen LogP contribution in [0.3, 0.4) is 0 Å². The number of ether oxygens (including phenoxy) is 1. The molecule has 3 aromatic rings. The van der Waals surface area contributed by atoms with Gasteiger partial charge in [0.15, 0.2) is 12.4 Å². The number of hydrogen-bond donors (Lipinski definition) is 2. The van der Waals surface area contributed by atoms with E-state index < -0.39 is 5.91 Å². The molecular weight excluding hydrogens is 555 g/mol. The number of rotatable bonds is 9. The van der Waals surface area contributed by atoms with Gasteiger partial charge in [0.1, 0.15) is 5.75 Å². The maximum atomic E-state index is 12.8. The van der Waals surface area contributed by atoms with E-state index in [9.17, 15) is 14.4 Å². The van der Waals surface area contributed by atoms with Gasteiger partial charge < -0.3 is 15.4 Å². The summed E-state index contributed by atoms with van der Waals surface area (Å²) in [5.41, 5.74) is 1.53. The molecule has 0 saturated heterocycles. The Morgan fingerprint density at radius 2 is 1.71 bits per heavy atom. The first-order chi connectivity index (χ1) is 16.8. The van der Waals surface area contributed by atoms with Crippen molar-refractivity contribution in [3.8, 4) is 5.75 Å². The quantitative estimate of drug-likeness (QED) is 0.300. The average Bonchev–Trinajstić information content (AvgIpc) is 3.68. The van der Waals surface area contributed by atoms with Crippen LogP contribution in [0.25, 0.3) is 0 Å². The third kappa shape index (κ3) is 6.63. The second kappa shape index (κ2) is 11.2. The van der Waals surface area contributed by atoms with E-state index in [2.05, 4.69) is 26.6 Å². The van der Waals surface area contributed by atoms with Crippen LogP contribution in [0.4, 0.5) is 5.69 Å². The SMILES string of the molecule is O=C(COc1ccc(C(=O)c2cc(Cl)ccc2Br)cc1)Nc1cccc(C(=O)NCC2CC2)c1Cl. The summed E-state index contributed by atoms with van der Waals surface area (Å²) in [6.07, 6.45) is 2.26. The lowest BCUT2D eigenvalue weighted by molar-refractivity contribution is -0.118. The van der Waals surface area contributed by atoms with Gasteiger partial charge in [0.2, 0.25) is 0 Å². The van der Waals surface area contributed by atoms with Gasteiger partial charge in [-0.3, -0.25) is 14.4 Å². The fourth-order valence-corrected chi connectivity index (χ4v) is 4.18. The highest BCUT2D eigenvalue weighted by atomic mass is 79.9. The lowest BCUT2D eigenvalue weighted by Gasteiger charge is -2.12. The predicted molar refractivity (Wildman–Crippen MR) is 140 cm³/mol. The Bertz CT molecular complexity index is 1280. The van der Waals surface area contributed by atoms with Gasteiger partial charge in [-0.25, -0.2) is 0 Å². The Hall–Kier alpha value is -2.87. The second-order valence-electron chi connectivity index (χ2n) is 8.14. The van der Waals surface area contributed by atoms with Crippen LogP contribution in [0.15, 0.2) is 65.1 Å². The number of hydrogen-bond acceptors (Lipinski definition) is 4. The van der Waals surface area contributed by atoms with Crippen LogP contribution < -0.4 is 15.4 Å². The monoisotopic (exact) mass is 574 g/mol. The number of carbonyl (C=O) groups is 3. The van der Waals surface area contributed by atoms with Crippen molar-refractivity contribution in [3.05, 3.63) is 91.9 Å². The molecular formula is C26H21BrCl2N2O4. The third-order valence-corrected chi connectivity index (χ3v) is 6.76. The summed E-state index contributed by atoms with van der Waals surface area (Å²) in [6.45, 7) is 0.349. The van der Waals surface area contributed by atoms with Crippen LogP contribution in [0.1, 0.15) is 39.1 Å². The topological polar surface area (TPSA) is 84.5 Å². The highest BCUT2D eigenvalue weighted by Gasteiger charge is 2.23. The summed E-state index contributed by atoms with van der Waals surface area (Å²) in [5.74, 6) is 0.0586. The minimum atomic E-state index is -0.439. The lowest BCUT2D eigenvalue weighted by atomic mass is 10.0. The molecule has 0 spiro atoms. The molecule has 4 rings (SSSR count). The molecule has 180 valence electrons. The van der Waals surface area contributed by atoms with Gasteiger partial charge in [-0.05, 0) is 73.4 Å². The Morgan fingerprint density at radius 3 is 2.43 bits per heavy atom. The molecule has 2 N–H and O–H groups in total. The van der Waals surface area contributed by atoms with Crippen LogP contribution >= 0.6 is 39.1 Å². The molecule has 0 aromatic heterocycles. The Kier molecular flexibility index (Phi) is 8.11. The molecule has 0 atom stereocenters. The highest BCUT2D eigenvalue weighted by Crippen LogP contribution is 2.29. The molecule has 0 unspecified atom stereocenters. The summed E-state index contributed by atoms with van der Waals surface area (Å²) in [4.78, 5) is 37.5. The van der Waals surface area contributed by atoms with Crippen LogP contribution in [-0.2, 0) is 4.79 Å². The smallest absolute Gasteiger partial charge is 0.262 e. The molecule has 0 radical (unpaired) electrons. The Balaban J connectivity index is 1.33. The van der Waals surface area contributed by atoms with Crippen LogP contribution in [-0.4, -0.2) is 30.7 Å². The third-order valence-electron chi connectivity index (χ3n) is 5.43. The fraction of sp³-hybridized carbons (Fsp3) is 0.192. The van der Waals surface area contributed by atoms with Gasteiger partial charge in [0.05, 0.1) is 16.3 Å². The summed E-state index contributed by atoms with van der Waals surface area (Å²) < 4.78 is 6.18. The van der Waals surface area contributed by atoms with Crippen LogP contribution in [0.5, 0.6) is 5.75 Å². The largest absolute Gasteiger partial charge is 0.484 e. The number of ketones is 1. The van der Waals surface area contributed by atoms with Crippen molar-refractivity contribution in [1.29, 1.82) is 0 Å². The molecule has 0 bridgehead atoms. The summed E-state index contributed by atoms with van der Waals surface area (Å²) >= 11 is 15.7. The molecule has 35 heavy (non-hydrogen) atoms. The van der Waals surface area contributed by atoms with Crippen molar-refractivity contribution in [2.45, 2.75) is 12.8 Å². The van der Waals surface area contributed by atoms with Gasteiger partial charge >= 0.3 is 0 Å². The van der Waals surface area contributed by atoms with E-state index in [4.69, 9.17) is 27.9 Å². The molecule has 1 aliphatic carbocycles. The number of anilines is 1. The van der Waals surface area contributed by atoms with Gasteiger partial charge in [-0.2, -0.15) is 0 Å². The molecule has 1 aliphatic rings. The van der Waals surface area contributed by atoms with Gasteiger partial charge in [0, 0.05) is 27.2 Å². The molecule has 9 heteroatoms. The maximum absolute atomic E-state index is 12.8. The van der Waals surface area contributed by atoms with Gasteiger partial charge in [-0.1, -0.05) is 45.2 Å². The average molecular weight is 576 g/mol. The molecule has 0 aliphatic heterocycles. The number of carbonyl (C=O) groups excluding carboxylic acids is 3. The van der Waals surface area contributed by atoms with Crippen LogP contribution in [0, 0.1) is 5.92 Å². The van der Waals surface area contributed by atoms with Crippen molar-refractivity contribution < 1.29 is 19.1 Å². The van der Waals surface area contributed by atoms with E-state index >= 15 is 0 Å². The first kappa shape index (κ1) is 25.2. The molecule has 1 fully saturated rings. The predicted octanol–water partition coefficient (Wildman–Crippen LogP) is 6.14. The molecule has 2 amide bonds. The summed E-state index contributed by atoms with van der Waals surface area (Å²) in [7, 11) is 0. The Morgan fingerprint density at radius 1 is 0.971 bits per heavy atom. The second-order valence-corrected chi connectivity index (χ2v) is 9.80. The molecule has 0 heterocycles. The normalized spacial score (nSPS) is 12.7. The van der Waals surface area contributed by atoms with Crippen molar-refractivity contribution in [1.82, 2.24) is 5.32 Å². The Labute approximate surface area is 221 Å². The van der Waals surface area contributed by atoms with Crippen molar-refractivity contribution in [3.63, 3.8) is 0 Å². The van der Waals surface area contributed by atoms with E-state index in [1.807, 2.05) is 0 Å². The van der Waals surface area contributed by atoms with E-state index in [1.54, 1.807) is 60.7 Å². The molecule has 6 nitrogen and oxygen atoms in total. The zero-order valence-electron chi connectivity index (χ0n) is 18.4. The van der Waals surface area contributed by atoms with E-state index in [-0.39, 0.29) is 23.3 Å². The fourth-order valence-electron chi connectivity index (χ4n) is 3.32. The van der Waals surface area contributed by atoms with E-state index in [1.165, 1.54) is 0 Å². The number of halogens is 3. The maximum Gasteiger partial charge on any atom is 0.262 e. The minimum absolute atomic E-state index is 0.171. The van der Waals surface area contributed by atoms with Crippen molar-refractivity contribution in [2.24, 2.45) is 5.92 Å². The first-order valence-electron chi connectivity index (χ1n) is 10.9. The zero-order valence-corrected chi connectivity index (χ0v) is 21.5. The minimum Gasteiger partial charge on any atom is -0.484 e. The van der Waals surface area contributed by atoms with E-state index in [0.29, 0.717) is 50.1 Å². The van der Waals surface area contributed by atoms with E-state index in [0.717, 1.165) is 12.8 Å². The van der Waals surface area contributed by atoms with Gasteiger partial charge in [0.25, 0.3) is 11.8 Å². The zero-order chi connectivity index (χ0) is 24.9. The molecule has 1 saturated carbocycles. The van der Waals surface area contributed by atoms with Crippen LogP contribution in [0.2, 0.25) is 10.0 Å².